The molecule has 2 aromatic carbocycles. The summed E-state index contributed by atoms with van der Waals surface area (Å²) in [6.45, 7) is 2.16. The van der Waals surface area contributed by atoms with Crippen LogP contribution in [0.15, 0.2) is 53.6 Å². The molecule has 0 aliphatic heterocycles. The molecule has 2 rings (SSSR count). The Labute approximate surface area is 183 Å². The van der Waals surface area contributed by atoms with Crippen LogP contribution in [0.3, 0.4) is 0 Å². The van der Waals surface area contributed by atoms with Crippen LogP contribution in [0, 0.1) is 0 Å². The minimum absolute atomic E-state index is 0.263. The summed E-state index contributed by atoms with van der Waals surface area (Å²) in [5.74, 6) is -1.12. The maximum Gasteiger partial charge on any atom is 0.416 e. The number of benzene rings is 2. The first kappa shape index (κ1) is 24.9. The third kappa shape index (κ3) is 7.08. The Balaban J connectivity index is 2.19. The number of amides is 2. The Bertz CT molecular complexity index is 1150. The van der Waals surface area contributed by atoms with E-state index in [1.807, 2.05) is 0 Å². The molecule has 0 aliphatic carbocycles. The van der Waals surface area contributed by atoms with Crippen molar-refractivity contribution in [3.05, 3.63) is 59.7 Å². The molecule has 2 N–H and O–H groups in total. The monoisotopic (exact) mass is 470 g/mol. The van der Waals surface area contributed by atoms with Crippen LogP contribution in [0.4, 0.5) is 24.5 Å². The van der Waals surface area contributed by atoms with Crippen molar-refractivity contribution in [2.45, 2.75) is 20.0 Å². The summed E-state index contributed by atoms with van der Waals surface area (Å²) in [5.41, 5.74) is 2.30. The largest absolute Gasteiger partial charge is 0.416 e. The van der Waals surface area contributed by atoms with Gasteiger partial charge in [0.25, 0.3) is 5.91 Å². The van der Waals surface area contributed by atoms with Crippen molar-refractivity contribution >= 4 is 38.9 Å². The fourth-order valence-corrected chi connectivity index (χ4v) is 3.49. The van der Waals surface area contributed by atoms with Gasteiger partial charge >= 0.3 is 6.18 Å². The van der Waals surface area contributed by atoms with E-state index in [-0.39, 0.29) is 11.6 Å². The molecule has 2 aromatic rings. The predicted molar refractivity (Wildman–Crippen MR) is 115 cm³/mol. The first-order valence-corrected chi connectivity index (χ1v) is 11.0. The van der Waals surface area contributed by atoms with Crippen LogP contribution in [-0.4, -0.2) is 38.7 Å². The number of rotatable bonds is 7. The molecule has 0 spiro atoms. The fraction of sp³-hybridized carbons (Fsp3) is 0.250. The third-order valence-corrected chi connectivity index (χ3v) is 5.24. The smallest absolute Gasteiger partial charge is 0.326 e. The highest BCUT2D eigenvalue weighted by atomic mass is 32.2. The second-order valence-corrected chi connectivity index (χ2v) is 8.72. The number of carbonyl (C=O) groups is 2. The Morgan fingerprint density at radius 3 is 2.31 bits per heavy atom. The van der Waals surface area contributed by atoms with E-state index >= 15 is 0 Å². The molecule has 0 heterocycles. The van der Waals surface area contributed by atoms with Crippen molar-refractivity contribution in [2.75, 3.05) is 22.4 Å². The van der Waals surface area contributed by atoms with Crippen molar-refractivity contribution in [1.29, 1.82) is 0 Å². The lowest BCUT2D eigenvalue weighted by Crippen LogP contribution is -2.39. The van der Waals surface area contributed by atoms with E-state index in [1.165, 1.54) is 6.92 Å². The van der Waals surface area contributed by atoms with Gasteiger partial charge in [0.05, 0.1) is 23.2 Å². The van der Waals surface area contributed by atoms with E-state index in [1.54, 1.807) is 31.2 Å². The van der Waals surface area contributed by atoms with Crippen LogP contribution in [0.1, 0.15) is 25.0 Å². The molecular formula is C20H21F3N4O4S. The second kappa shape index (κ2) is 9.81. The van der Waals surface area contributed by atoms with Gasteiger partial charge in [-0.2, -0.15) is 18.3 Å². The molecule has 172 valence electrons. The third-order valence-electron chi connectivity index (χ3n) is 4.10. The van der Waals surface area contributed by atoms with Crippen LogP contribution in [0.2, 0.25) is 0 Å². The molecule has 8 nitrogen and oxygen atoms in total. The van der Waals surface area contributed by atoms with Gasteiger partial charge < -0.3 is 5.32 Å². The van der Waals surface area contributed by atoms with E-state index in [9.17, 15) is 31.2 Å². The molecule has 32 heavy (non-hydrogen) atoms. The number of hydrazone groups is 1. The minimum Gasteiger partial charge on any atom is -0.326 e. The van der Waals surface area contributed by atoms with E-state index in [0.717, 1.165) is 24.5 Å². The van der Waals surface area contributed by atoms with Crippen molar-refractivity contribution in [1.82, 2.24) is 5.43 Å². The van der Waals surface area contributed by atoms with Crippen molar-refractivity contribution in [3.8, 4) is 0 Å². The zero-order valence-electron chi connectivity index (χ0n) is 17.4. The lowest BCUT2D eigenvalue weighted by atomic mass is 10.1. The minimum atomic E-state index is -4.67. The van der Waals surface area contributed by atoms with Gasteiger partial charge in [0.15, 0.2) is 0 Å². The van der Waals surface area contributed by atoms with Gasteiger partial charge in [-0.3, -0.25) is 13.9 Å². The van der Waals surface area contributed by atoms with Crippen molar-refractivity contribution in [2.24, 2.45) is 5.10 Å². The van der Waals surface area contributed by atoms with E-state index in [0.29, 0.717) is 27.3 Å². The molecule has 0 radical (unpaired) electrons. The number of anilines is 2. The van der Waals surface area contributed by atoms with E-state index < -0.39 is 34.2 Å². The Morgan fingerprint density at radius 1 is 1.06 bits per heavy atom. The molecule has 0 unspecified atom stereocenters. The highest BCUT2D eigenvalue weighted by molar-refractivity contribution is 7.92. The second-order valence-electron chi connectivity index (χ2n) is 6.81. The lowest BCUT2D eigenvalue weighted by Gasteiger charge is -2.22. The predicted octanol–water partition coefficient (Wildman–Crippen LogP) is 2.97. The van der Waals surface area contributed by atoms with Crippen LogP contribution >= 0.6 is 0 Å². The van der Waals surface area contributed by atoms with Gasteiger partial charge in [-0.15, -0.1) is 0 Å². The normalized spacial score (nSPS) is 12.2. The van der Waals surface area contributed by atoms with Crippen molar-refractivity contribution < 1.29 is 31.2 Å². The van der Waals surface area contributed by atoms with Crippen LogP contribution in [-0.2, 0) is 25.8 Å². The molecule has 0 atom stereocenters. The standard InChI is InChI=1S/C20H21F3N4O4S/c1-13(15-6-4-8-17(10-15)24-14(2)28)25-26-19(29)12-27(32(3,30)31)18-9-5-7-16(11-18)20(21,22)23/h4-11H,12H2,1-3H3,(H,24,28)(H,26,29)/b25-13+. The molecule has 0 saturated heterocycles. The SMILES string of the molecule is CC(=O)Nc1cccc(/C(C)=N/NC(=O)CN(c2cccc(C(F)(F)F)c2)S(C)(=O)=O)c1. The van der Waals surface area contributed by atoms with E-state index in [2.05, 4.69) is 15.8 Å². The number of hydrogen-bond acceptors (Lipinski definition) is 5. The molecule has 2 amide bonds. The van der Waals surface area contributed by atoms with Crippen LogP contribution in [0.25, 0.3) is 0 Å². The van der Waals surface area contributed by atoms with Crippen molar-refractivity contribution in [3.63, 3.8) is 0 Å². The number of nitrogens with zero attached hydrogens (tertiary/aromatic N) is 2. The first-order chi connectivity index (χ1) is 14.8. The lowest BCUT2D eigenvalue weighted by molar-refractivity contribution is -0.137. The zero-order valence-corrected chi connectivity index (χ0v) is 18.2. The van der Waals surface area contributed by atoms with Gasteiger partial charge in [0, 0.05) is 12.6 Å². The summed E-state index contributed by atoms with van der Waals surface area (Å²) in [7, 11) is -4.07. The number of nitrogens with one attached hydrogen (secondary N) is 2. The van der Waals surface area contributed by atoms with E-state index in [4.69, 9.17) is 0 Å². The van der Waals surface area contributed by atoms with Crippen LogP contribution in [0.5, 0.6) is 0 Å². The zero-order chi connectivity index (χ0) is 24.1. The molecule has 0 bridgehead atoms. The molecule has 0 aromatic heterocycles. The summed E-state index contributed by atoms with van der Waals surface area (Å²) < 4.78 is 63.7. The summed E-state index contributed by atoms with van der Waals surface area (Å²) in [5, 5.41) is 6.51. The average Bonchev–Trinajstić information content (AvgIpc) is 2.68. The van der Waals surface area contributed by atoms with Crippen LogP contribution < -0.4 is 15.0 Å². The molecular weight excluding hydrogens is 449 g/mol. The Kier molecular flexibility index (Phi) is 7.62. The topological polar surface area (TPSA) is 108 Å². The quantitative estimate of drug-likeness (QED) is 0.479. The highest BCUT2D eigenvalue weighted by Crippen LogP contribution is 2.32. The summed E-state index contributed by atoms with van der Waals surface area (Å²) in [4.78, 5) is 23.5. The number of halogens is 3. The Morgan fingerprint density at radius 2 is 1.72 bits per heavy atom. The molecule has 12 heteroatoms. The number of sulfonamides is 1. The highest BCUT2D eigenvalue weighted by Gasteiger charge is 2.32. The molecule has 0 aliphatic rings. The number of carbonyl (C=O) groups excluding carboxylic acids is 2. The first-order valence-electron chi connectivity index (χ1n) is 9.13. The molecule has 0 saturated carbocycles. The van der Waals surface area contributed by atoms with Gasteiger partial charge in [0.2, 0.25) is 15.9 Å². The fourth-order valence-electron chi connectivity index (χ4n) is 2.64. The Hall–Kier alpha value is -3.41. The average molecular weight is 470 g/mol. The van der Waals surface area contributed by atoms with Gasteiger partial charge in [-0.05, 0) is 42.8 Å². The summed E-state index contributed by atoms with van der Waals surface area (Å²) >= 11 is 0. The number of hydrogen-bond donors (Lipinski definition) is 2. The maximum atomic E-state index is 13.0. The maximum absolute atomic E-state index is 13.0. The van der Waals surface area contributed by atoms with Gasteiger partial charge in [-0.25, -0.2) is 13.8 Å². The summed E-state index contributed by atoms with van der Waals surface area (Å²) in [6.07, 6.45) is -3.89. The summed E-state index contributed by atoms with van der Waals surface area (Å²) in [6, 6.07) is 10.3. The van der Waals surface area contributed by atoms with Gasteiger partial charge in [-0.1, -0.05) is 18.2 Å². The van der Waals surface area contributed by atoms with Gasteiger partial charge in [0.1, 0.15) is 6.54 Å². The number of alkyl halides is 3. The molecule has 0 fully saturated rings.